The van der Waals surface area contributed by atoms with Gasteiger partial charge in [0.1, 0.15) is 11.6 Å². The van der Waals surface area contributed by atoms with Gasteiger partial charge in [-0.3, -0.25) is 4.90 Å². The Kier molecular flexibility index (Phi) is 4.44. The number of halogens is 2. The van der Waals surface area contributed by atoms with Crippen LogP contribution in [0.1, 0.15) is 18.4 Å². The van der Waals surface area contributed by atoms with E-state index in [4.69, 9.17) is 4.74 Å². The van der Waals surface area contributed by atoms with E-state index in [1.54, 1.807) is 6.07 Å². The lowest BCUT2D eigenvalue weighted by atomic mass is 9.97. The third-order valence-electron chi connectivity index (χ3n) is 5.12. The van der Waals surface area contributed by atoms with Crippen LogP contribution < -0.4 is 5.32 Å². The van der Waals surface area contributed by atoms with Crippen LogP contribution in [0.2, 0.25) is 0 Å². The Balaban J connectivity index is 1.34. The minimum absolute atomic E-state index is 0.120. The molecule has 0 saturated carbocycles. The molecule has 4 rings (SSSR count). The summed E-state index contributed by atoms with van der Waals surface area (Å²) in [6, 6.07) is 13.4. The normalized spacial score (nSPS) is 26.4. The van der Waals surface area contributed by atoms with E-state index in [-0.39, 0.29) is 23.3 Å². The summed E-state index contributed by atoms with van der Waals surface area (Å²) in [5, 5.41) is 3.38. The second-order valence-corrected chi connectivity index (χ2v) is 7.14. The SMILES string of the molecule is Fc1ccc(CN2CC[C@@]3(C[C@@H](Nc4cccc(F)c4)CO3)C2)cc1. The first-order valence-corrected chi connectivity index (χ1v) is 8.73. The average Bonchev–Trinajstić information content (AvgIpc) is 3.16. The quantitative estimate of drug-likeness (QED) is 0.913. The van der Waals surface area contributed by atoms with Crippen molar-refractivity contribution in [1.29, 1.82) is 0 Å². The molecule has 2 aliphatic rings. The molecular weight excluding hydrogens is 322 g/mol. The maximum absolute atomic E-state index is 13.3. The van der Waals surface area contributed by atoms with Gasteiger partial charge in [0.2, 0.25) is 0 Å². The summed E-state index contributed by atoms with van der Waals surface area (Å²) in [5.41, 5.74) is 1.79. The van der Waals surface area contributed by atoms with Crippen molar-refractivity contribution in [3.05, 3.63) is 65.7 Å². The zero-order valence-corrected chi connectivity index (χ0v) is 14.1. The number of nitrogens with one attached hydrogen (secondary N) is 1. The third kappa shape index (κ3) is 3.83. The third-order valence-corrected chi connectivity index (χ3v) is 5.12. The van der Waals surface area contributed by atoms with Crippen LogP contribution in [0.5, 0.6) is 0 Å². The van der Waals surface area contributed by atoms with Crippen LogP contribution in [0.4, 0.5) is 14.5 Å². The molecule has 3 nitrogen and oxygen atoms in total. The zero-order chi connectivity index (χ0) is 17.3. The van der Waals surface area contributed by atoms with Crippen LogP contribution in [0, 0.1) is 11.6 Å². The first-order chi connectivity index (χ1) is 12.1. The minimum atomic E-state index is -0.232. The van der Waals surface area contributed by atoms with Crippen molar-refractivity contribution in [2.45, 2.75) is 31.0 Å². The minimum Gasteiger partial charge on any atom is -0.380 e. The summed E-state index contributed by atoms with van der Waals surface area (Å²) in [6.07, 6.45) is 1.92. The molecule has 2 aromatic carbocycles. The number of nitrogens with zero attached hydrogens (tertiary/aromatic N) is 1. The fourth-order valence-corrected chi connectivity index (χ4v) is 3.95. The summed E-state index contributed by atoms with van der Waals surface area (Å²) in [4.78, 5) is 2.36. The number of hydrogen-bond acceptors (Lipinski definition) is 3. The van der Waals surface area contributed by atoms with Gasteiger partial charge in [-0.05, 0) is 42.3 Å². The molecule has 2 atom stereocenters. The van der Waals surface area contributed by atoms with Crippen molar-refractivity contribution in [2.24, 2.45) is 0 Å². The lowest BCUT2D eigenvalue weighted by molar-refractivity contribution is 0.0120. The first-order valence-electron chi connectivity index (χ1n) is 8.73. The first kappa shape index (κ1) is 16.5. The van der Waals surface area contributed by atoms with Gasteiger partial charge >= 0.3 is 0 Å². The van der Waals surface area contributed by atoms with Gasteiger partial charge in [-0.15, -0.1) is 0 Å². The molecule has 2 saturated heterocycles. The second-order valence-electron chi connectivity index (χ2n) is 7.14. The van der Waals surface area contributed by atoms with Gasteiger partial charge in [0.05, 0.1) is 18.2 Å². The summed E-state index contributed by atoms with van der Waals surface area (Å²) < 4.78 is 32.5. The molecule has 2 heterocycles. The van der Waals surface area contributed by atoms with Gasteiger partial charge in [0, 0.05) is 31.7 Å². The molecule has 1 N–H and O–H groups in total. The van der Waals surface area contributed by atoms with E-state index < -0.39 is 0 Å². The van der Waals surface area contributed by atoms with Gasteiger partial charge in [0.25, 0.3) is 0 Å². The molecule has 132 valence electrons. The van der Waals surface area contributed by atoms with Crippen molar-refractivity contribution in [3.8, 4) is 0 Å². The lowest BCUT2D eigenvalue weighted by Gasteiger charge is -2.23. The highest BCUT2D eigenvalue weighted by Gasteiger charge is 2.45. The topological polar surface area (TPSA) is 24.5 Å². The van der Waals surface area contributed by atoms with Crippen LogP contribution in [-0.2, 0) is 11.3 Å². The standard InChI is InChI=1S/C20H22F2N2O/c21-16-6-4-15(5-7-16)12-24-9-8-20(14-24)11-19(13-25-20)23-18-3-1-2-17(22)10-18/h1-7,10,19,23H,8-9,11-14H2/t19-,20-/m1/s1. The molecule has 0 aromatic heterocycles. The number of rotatable bonds is 4. The predicted molar refractivity (Wildman–Crippen MR) is 93.4 cm³/mol. The summed E-state index contributed by atoms with van der Waals surface area (Å²) >= 11 is 0. The van der Waals surface area contributed by atoms with E-state index >= 15 is 0 Å². The largest absolute Gasteiger partial charge is 0.380 e. The molecule has 0 amide bonds. The Morgan fingerprint density at radius 2 is 1.96 bits per heavy atom. The average molecular weight is 344 g/mol. The number of hydrogen-bond donors (Lipinski definition) is 1. The van der Waals surface area contributed by atoms with Crippen molar-refractivity contribution < 1.29 is 13.5 Å². The van der Waals surface area contributed by atoms with E-state index in [1.807, 2.05) is 18.2 Å². The van der Waals surface area contributed by atoms with Crippen molar-refractivity contribution >= 4 is 5.69 Å². The van der Waals surface area contributed by atoms with Gasteiger partial charge < -0.3 is 10.1 Å². The highest BCUT2D eigenvalue weighted by Crippen LogP contribution is 2.36. The predicted octanol–water partition coefficient (Wildman–Crippen LogP) is 3.81. The van der Waals surface area contributed by atoms with Crippen LogP contribution in [-0.4, -0.2) is 36.2 Å². The Hall–Kier alpha value is -1.98. The molecule has 2 aromatic rings. The second kappa shape index (κ2) is 6.73. The molecule has 0 bridgehead atoms. The van der Waals surface area contributed by atoms with E-state index in [9.17, 15) is 8.78 Å². The van der Waals surface area contributed by atoms with E-state index in [2.05, 4.69) is 10.2 Å². The Bertz CT molecular complexity index is 737. The lowest BCUT2D eigenvalue weighted by Crippen LogP contribution is -2.33. The number of benzene rings is 2. The molecular formula is C20H22F2N2O. The zero-order valence-electron chi connectivity index (χ0n) is 14.1. The smallest absolute Gasteiger partial charge is 0.125 e. The Labute approximate surface area is 146 Å². The van der Waals surface area contributed by atoms with E-state index in [0.29, 0.717) is 6.61 Å². The molecule has 2 aliphatic heterocycles. The molecule has 25 heavy (non-hydrogen) atoms. The Morgan fingerprint density at radius 3 is 2.76 bits per heavy atom. The van der Waals surface area contributed by atoms with Crippen molar-refractivity contribution in [1.82, 2.24) is 4.90 Å². The molecule has 1 spiro atoms. The van der Waals surface area contributed by atoms with Gasteiger partial charge in [-0.25, -0.2) is 8.78 Å². The van der Waals surface area contributed by atoms with Crippen LogP contribution in [0.3, 0.4) is 0 Å². The van der Waals surface area contributed by atoms with Crippen molar-refractivity contribution in [2.75, 3.05) is 25.0 Å². The van der Waals surface area contributed by atoms with Gasteiger partial charge in [0.15, 0.2) is 0 Å². The maximum atomic E-state index is 13.3. The highest BCUT2D eigenvalue weighted by molar-refractivity contribution is 5.44. The Morgan fingerprint density at radius 1 is 1.12 bits per heavy atom. The maximum Gasteiger partial charge on any atom is 0.125 e. The molecule has 0 unspecified atom stereocenters. The van der Waals surface area contributed by atoms with Crippen LogP contribution in [0.15, 0.2) is 48.5 Å². The summed E-state index contributed by atoms with van der Waals surface area (Å²) in [7, 11) is 0. The highest BCUT2D eigenvalue weighted by atomic mass is 19.1. The van der Waals surface area contributed by atoms with E-state index in [0.717, 1.165) is 43.7 Å². The van der Waals surface area contributed by atoms with E-state index in [1.165, 1.54) is 24.3 Å². The fraction of sp³-hybridized carbons (Fsp3) is 0.400. The number of likely N-dealkylation sites (tertiary alicyclic amines) is 1. The molecule has 5 heteroatoms. The van der Waals surface area contributed by atoms with Gasteiger partial charge in [-0.1, -0.05) is 18.2 Å². The summed E-state index contributed by atoms with van der Waals surface area (Å²) in [5.74, 6) is -0.433. The van der Waals surface area contributed by atoms with Crippen LogP contribution in [0.25, 0.3) is 0 Å². The molecule has 0 aliphatic carbocycles. The molecule has 2 fully saturated rings. The van der Waals surface area contributed by atoms with Crippen LogP contribution >= 0.6 is 0 Å². The number of anilines is 1. The monoisotopic (exact) mass is 344 g/mol. The van der Waals surface area contributed by atoms with Crippen molar-refractivity contribution in [3.63, 3.8) is 0 Å². The fourth-order valence-electron chi connectivity index (χ4n) is 3.95. The van der Waals surface area contributed by atoms with Gasteiger partial charge in [-0.2, -0.15) is 0 Å². The summed E-state index contributed by atoms with van der Waals surface area (Å²) in [6.45, 7) is 3.31. The molecule has 0 radical (unpaired) electrons. The number of ether oxygens (including phenoxy) is 1.